The Kier molecular flexibility index (Phi) is 6.88. The molecule has 168 valence electrons. The lowest BCUT2D eigenvalue weighted by Crippen LogP contribution is -2.32. The molecule has 0 fully saturated rings. The van der Waals surface area contributed by atoms with E-state index in [1.54, 1.807) is 54.6 Å². The maximum Gasteiger partial charge on any atom is 0.349 e. The van der Waals surface area contributed by atoms with Gasteiger partial charge in [0.2, 0.25) is 0 Å². The summed E-state index contributed by atoms with van der Waals surface area (Å²) in [7, 11) is 1.50. The van der Waals surface area contributed by atoms with Gasteiger partial charge in [0.05, 0.1) is 24.2 Å². The molecule has 0 atom stereocenters. The number of para-hydroxylation sites is 1. The van der Waals surface area contributed by atoms with Crippen molar-refractivity contribution < 1.29 is 9.47 Å². The van der Waals surface area contributed by atoms with Crippen molar-refractivity contribution >= 4 is 56.2 Å². The highest BCUT2D eigenvalue weighted by Gasteiger charge is 2.14. The number of methoxy groups -OCH3 is 1. The zero-order valence-corrected chi connectivity index (χ0v) is 20.2. The lowest BCUT2D eigenvalue weighted by atomic mass is 10.2. The van der Waals surface area contributed by atoms with Crippen LogP contribution in [-0.2, 0) is 6.61 Å². The Balaban J connectivity index is 1.74. The van der Waals surface area contributed by atoms with Gasteiger partial charge >= 0.3 is 5.69 Å². The maximum absolute atomic E-state index is 12.8. The number of halogens is 3. The molecule has 0 bridgehead atoms. The molecule has 0 spiro atoms. The average molecular weight is 549 g/mol. The van der Waals surface area contributed by atoms with E-state index in [9.17, 15) is 9.59 Å². The van der Waals surface area contributed by atoms with Crippen molar-refractivity contribution in [2.45, 2.75) is 6.61 Å². The first-order chi connectivity index (χ1) is 15.9. The molecule has 1 heterocycles. The molecule has 0 amide bonds. The zero-order valence-electron chi connectivity index (χ0n) is 17.1. The zero-order chi connectivity index (χ0) is 23.5. The van der Waals surface area contributed by atoms with E-state index in [1.165, 1.54) is 13.3 Å². The first-order valence-electron chi connectivity index (χ1n) is 9.60. The number of H-pyrrole nitrogens is 1. The molecule has 0 radical (unpaired) electrons. The summed E-state index contributed by atoms with van der Waals surface area (Å²) in [6, 6.07) is 15.3. The summed E-state index contributed by atoms with van der Waals surface area (Å²) >= 11 is 15.6. The topological polar surface area (TPSA) is 85.7 Å². The molecule has 1 aromatic heterocycles. The van der Waals surface area contributed by atoms with E-state index in [-0.39, 0.29) is 6.61 Å². The van der Waals surface area contributed by atoms with Crippen LogP contribution in [0.2, 0.25) is 10.0 Å². The highest BCUT2D eigenvalue weighted by molar-refractivity contribution is 9.10. The van der Waals surface area contributed by atoms with Crippen LogP contribution in [0.25, 0.3) is 10.9 Å². The van der Waals surface area contributed by atoms with Crippen molar-refractivity contribution in [2.24, 2.45) is 5.10 Å². The Hall–Kier alpha value is -3.07. The predicted octanol–water partition coefficient (Wildman–Crippen LogP) is 5.23. The molecular formula is C23H16BrCl2N3O4. The van der Waals surface area contributed by atoms with Crippen LogP contribution in [0.5, 0.6) is 11.5 Å². The largest absolute Gasteiger partial charge is 0.493 e. The number of ether oxygens (including phenoxy) is 2. The van der Waals surface area contributed by atoms with Gasteiger partial charge in [-0.05, 0) is 36.4 Å². The van der Waals surface area contributed by atoms with Crippen LogP contribution in [0, 0.1) is 0 Å². The molecule has 7 nitrogen and oxygen atoms in total. The van der Waals surface area contributed by atoms with E-state index in [0.29, 0.717) is 42.5 Å². The molecule has 0 unspecified atom stereocenters. The van der Waals surface area contributed by atoms with Crippen LogP contribution in [-0.4, -0.2) is 23.0 Å². The van der Waals surface area contributed by atoms with Gasteiger partial charge in [0.25, 0.3) is 5.56 Å². The van der Waals surface area contributed by atoms with Crippen molar-refractivity contribution in [1.29, 1.82) is 0 Å². The van der Waals surface area contributed by atoms with Crippen molar-refractivity contribution in [3.05, 3.63) is 101 Å². The van der Waals surface area contributed by atoms with Gasteiger partial charge in [-0.15, -0.1) is 4.68 Å². The molecule has 3 aromatic carbocycles. The molecular weight excluding hydrogens is 533 g/mol. The SMILES string of the molecule is COc1cc(Br)cc(C=Nn2c(=O)[nH]c3ccccc3c2=O)c1OCc1ccc(Cl)cc1Cl. The van der Waals surface area contributed by atoms with E-state index in [2.05, 4.69) is 26.0 Å². The van der Waals surface area contributed by atoms with Crippen LogP contribution in [0.1, 0.15) is 11.1 Å². The van der Waals surface area contributed by atoms with E-state index in [4.69, 9.17) is 32.7 Å². The summed E-state index contributed by atoms with van der Waals surface area (Å²) in [6.07, 6.45) is 1.36. The monoisotopic (exact) mass is 547 g/mol. The molecule has 0 saturated heterocycles. The number of aromatic amines is 1. The minimum absolute atomic E-state index is 0.130. The molecule has 4 rings (SSSR count). The van der Waals surface area contributed by atoms with Gasteiger partial charge in [-0.2, -0.15) is 5.10 Å². The molecule has 10 heteroatoms. The summed E-state index contributed by atoms with van der Waals surface area (Å²) in [5, 5.41) is 5.44. The highest BCUT2D eigenvalue weighted by atomic mass is 79.9. The van der Waals surface area contributed by atoms with Crippen molar-refractivity contribution in [3.63, 3.8) is 0 Å². The number of hydrogen-bond acceptors (Lipinski definition) is 5. The third-order valence-electron chi connectivity index (χ3n) is 4.75. The van der Waals surface area contributed by atoms with Crippen LogP contribution >= 0.6 is 39.1 Å². The van der Waals surface area contributed by atoms with Crippen LogP contribution < -0.4 is 20.7 Å². The Labute approximate surface area is 206 Å². The van der Waals surface area contributed by atoms with E-state index >= 15 is 0 Å². The molecule has 0 aliphatic heterocycles. The normalized spacial score (nSPS) is 11.3. The van der Waals surface area contributed by atoms with Crippen molar-refractivity contribution in [2.75, 3.05) is 7.11 Å². The Morgan fingerprint density at radius 1 is 1.12 bits per heavy atom. The van der Waals surface area contributed by atoms with Gasteiger partial charge in [0.1, 0.15) is 6.61 Å². The third kappa shape index (κ3) is 4.98. The quantitative estimate of drug-likeness (QED) is 0.334. The van der Waals surface area contributed by atoms with Gasteiger partial charge in [-0.1, -0.05) is 57.3 Å². The number of rotatable bonds is 6. The average Bonchev–Trinajstić information content (AvgIpc) is 2.78. The molecule has 0 saturated carbocycles. The van der Waals surface area contributed by atoms with Crippen molar-refractivity contribution in [1.82, 2.24) is 9.66 Å². The standard InChI is InChI=1S/C23H16BrCl2N3O4/c1-32-20-9-15(24)8-14(21(20)33-12-13-6-7-16(25)10-18(13)26)11-27-29-22(30)17-4-2-3-5-19(17)28-23(29)31/h2-11H,12H2,1H3,(H,28,31). The number of nitrogens with zero attached hydrogens (tertiary/aromatic N) is 2. The van der Waals surface area contributed by atoms with Gasteiger partial charge in [0.15, 0.2) is 11.5 Å². The fourth-order valence-electron chi connectivity index (χ4n) is 3.16. The fourth-order valence-corrected chi connectivity index (χ4v) is 4.07. The Morgan fingerprint density at radius 2 is 1.91 bits per heavy atom. The predicted molar refractivity (Wildman–Crippen MR) is 133 cm³/mol. The van der Waals surface area contributed by atoms with E-state index in [1.807, 2.05) is 0 Å². The Morgan fingerprint density at radius 3 is 2.67 bits per heavy atom. The first-order valence-corrected chi connectivity index (χ1v) is 11.1. The van der Waals surface area contributed by atoms with Crippen LogP contribution in [0.4, 0.5) is 0 Å². The molecule has 33 heavy (non-hydrogen) atoms. The minimum Gasteiger partial charge on any atom is -0.493 e. The smallest absolute Gasteiger partial charge is 0.349 e. The Bertz CT molecular complexity index is 1500. The number of fused-ring (bicyclic) bond motifs is 1. The highest BCUT2D eigenvalue weighted by Crippen LogP contribution is 2.35. The number of hydrogen-bond donors (Lipinski definition) is 1. The summed E-state index contributed by atoms with van der Waals surface area (Å²) in [6.45, 7) is 0.130. The minimum atomic E-state index is -0.660. The second-order valence-corrected chi connectivity index (χ2v) is 8.65. The van der Waals surface area contributed by atoms with Gasteiger partial charge < -0.3 is 14.5 Å². The first kappa shape index (κ1) is 23.1. The second kappa shape index (κ2) is 9.82. The van der Waals surface area contributed by atoms with Crippen LogP contribution in [0.15, 0.2) is 73.8 Å². The summed E-state index contributed by atoms with van der Waals surface area (Å²) in [5.74, 6) is 0.788. The third-order valence-corrected chi connectivity index (χ3v) is 5.80. The second-order valence-electron chi connectivity index (χ2n) is 6.89. The van der Waals surface area contributed by atoms with Crippen molar-refractivity contribution in [3.8, 4) is 11.5 Å². The van der Waals surface area contributed by atoms with Crippen LogP contribution in [0.3, 0.4) is 0 Å². The summed E-state index contributed by atoms with van der Waals surface area (Å²) in [4.78, 5) is 27.8. The van der Waals surface area contributed by atoms with Gasteiger partial charge in [-0.3, -0.25) is 4.79 Å². The van der Waals surface area contributed by atoms with E-state index < -0.39 is 11.2 Å². The fraction of sp³-hybridized carbons (Fsp3) is 0.0870. The lowest BCUT2D eigenvalue weighted by molar-refractivity contribution is 0.284. The maximum atomic E-state index is 12.8. The summed E-state index contributed by atoms with van der Waals surface area (Å²) in [5.41, 5.74) is 0.434. The molecule has 1 N–H and O–H groups in total. The molecule has 0 aliphatic carbocycles. The number of nitrogens with one attached hydrogen (secondary N) is 1. The van der Waals surface area contributed by atoms with Gasteiger partial charge in [0, 0.05) is 25.6 Å². The van der Waals surface area contributed by atoms with E-state index in [0.717, 1.165) is 10.2 Å². The molecule has 0 aliphatic rings. The molecule has 4 aromatic rings. The summed E-state index contributed by atoms with van der Waals surface area (Å²) < 4.78 is 12.9. The number of aromatic nitrogens is 2. The number of benzene rings is 3. The lowest BCUT2D eigenvalue weighted by Gasteiger charge is -2.15. The van der Waals surface area contributed by atoms with Gasteiger partial charge in [-0.25, -0.2) is 4.79 Å².